The van der Waals surface area contributed by atoms with E-state index in [1.54, 1.807) is 13.8 Å². The maximum Gasteiger partial charge on any atom is 0.155 e. The van der Waals surface area contributed by atoms with Crippen molar-refractivity contribution in [2.45, 2.75) is 24.3 Å². The van der Waals surface area contributed by atoms with Gasteiger partial charge in [0.05, 0.1) is 35.1 Å². The van der Waals surface area contributed by atoms with Gasteiger partial charge in [0.15, 0.2) is 19.7 Å². The van der Waals surface area contributed by atoms with Crippen LogP contribution in [0.5, 0.6) is 0 Å². The summed E-state index contributed by atoms with van der Waals surface area (Å²) < 4.78 is 46.5. The monoisotopic (exact) mass is 348 g/mol. The minimum Gasteiger partial charge on any atom is -0.290 e. The molecule has 2 heterocycles. The molecule has 0 saturated carbocycles. The standard InChI is InChI=1S/C14H24N2O4S2/c1-13-11-15(7-9-21(13,17)18)5-3-4-6-16-8-10-22(19,20)14(2)12-16/h13-14H,5-12H2,1-2H3/t13-,14-/m0/s1. The molecule has 8 heteroatoms. The summed E-state index contributed by atoms with van der Waals surface area (Å²) in [4.78, 5) is 4.12. The molecule has 6 nitrogen and oxygen atoms in total. The molecule has 0 N–H and O–H groups in total. The van der Waals surface area contributed by atoms with Gasteiger partial charge in [0.2, 0.25) is 0 Å². The van der Waals surface area contributed by atoms with Crippen LogP contribution in [0.3, 0.4) is 0 Å². The number of hydrogen-bond acceptors (Lipinski definition) is 6. The fourth-order valence-corrected chi connectivity index (χ4v) is 5.38. The zero-order chi connectivity index (χ0) is 16.4. The van der Waals surface area contributed by atoms with E-state index in [4.69, 9.17) is 0 Å². The zero-order valence-electron chi connectivity index (χ0n) is 13.2. The molecule has 2 saturated heterocycles. The normalized spacial score (nSPS) is 32.1. The molecule has 2 aliphatic heterocycles. The fraction of sp³-hybridized carbons (Fsp3) is 0.857. The van der Waals surface area contributed by atoms with Crippen LogP contribution in [0.2, 0.25) is 0 Å². The molecule has 0 aromatic carbocycles. The van der Waals surface area contributed by atoms with Crippen LogP contribution in [0.15, 0.2) is 0 Å². The Hall–Kier alpha value is -0.620. The highest BCUT2D eigenvalue weighted by Gasteiger charge is 2.29. The minimum absolute atomic E-state index is 0.206. The van der Waals surface area contributed by atoms with Crippen LogP contribution in [-0.4, -0.2) is 87.9 Å². The van der Waals surface area contributed by atoms with Gasteiger partial charge in [-0.15, -0.1) is 0 Å². The maximum absolute atomic E-state index is 11.6. The topological polar surface area (TPSA) is 74.8 Å². The molecule has 2 atom stereocenters. The number of hydrogen-bond donors (Lipinski definition) is 0. The summed E-state index contributed by atoms with van der Waals surface area (Å²) >= 11 is 0. The van der Waals surface area contributed by atoms with Crippen molar-refractivity contribution in [3.05, 3.63) is 0 Å². The average molecular weight is 348 g/mol. The highest BCUT2D eigenvalue weighted by Crippen LogP contribution is 2.12. The van der Waals surface area contributed by atoms with Gasteiger partial charge in [-0.1, -0.05) is 11.8 Å². The van der Waals surface area contributed by atoms with Crippen LogP contribution in [0.25, 0.3) is 0 Å². The molecule has 0 unspecified atom stereocenters. The van der Waals surface area contributed by atoms with Crippen molar-refractivity contribution in [2.75, 3.05) is 50.8 Å². The van der Waals surface area contributed by atoms with Gasteiger partial charge in [-0.3, -0.25) is 9.80 Å². The van der Waals surface area contributed by atoms with Crippen molar-refractivity contribution in [3.63, 3.8) is 0 Å². The van der Waals surface area contributed by atoms with E-state index < -0.39 is 19.7 Å². The Labute approximate surface area is 133 Å². The van der Waals surface area contributed by atoms with Crippen molar-refractivity contribution < 1.29 is 16.8 Å². The highest BCUT2D eigenvalue weighted by atomic mass is 32.2. The third-order valence-electron chi connectivity index (χ3n) is 4.37. The third-order valence-corrected chi connectivity index (χ3v) is 8.62. The first-order valence-corrected chi connectivity index (χ1v) is 11.0. The number of sulfone groups is 2. The van der Waals surface area contributed by atoms with Gasteiger partial charge < -0.3 is 0 Å². The lowest BCUT2D eigenvalue weighted by molar-refractivity contribution is 0.306. The summed E-state index contributed by atoms with van der Waals surface area (Å²) in [6.45, 7) is 6.78. The van der Waals surface area contributed by atoms with Crippen LogP contribution < -0.4 is 0 Å². The predicted molar refractivity (Wildman–Crippen MR) is 87.2 cm³/mol. The molecule has 0 aromatic heterocycles. The smallest absolute Gasteiger partial charge is 0.155 e. The maximum atomic E-state index is 11.6. The van der Waals surface area contributed by atoms with Crippen LogP contribution in [0, 0.1) is 11.8 Å². The Kier molecular flexibility index (Phi) is 5.54. The first kappa shape index (κ1) is 17.7. The lowest BCUT2D eigenvalue weighted by Gasteiger charge is -2.29. The second-order valence-electron chi connectivity index (χ2n) is 6.18. The van der Waals surface area contributed by atoms with E-state index in [2.05, 4.69) is 21.6 Å². The SMILES string of the molecule is C[C@H]1CN(CC#CCN2CCS(=O)(=O)[C@@H](C)C2)CCS1(=O)=O. The van der Waals surface area contributed by atoms with Gasteiger partial charge in [-0.25, -0.2) is 16.8 Å². The summed E-state index contributed by atoms with van der Waals surface area (Å²) in [5.74, 6) is 6.56. The van der Waals surface area contributed by atoms with Gasteiger partial charge in [0.25, 0.3) is 0 Å². The predicted octanol–water partition coefficient (Wildman–Crippen LogP) is -0.772. The Bertz CT molecular complexity index is 605. The van der Waals surface area contributed by atoms with Gasteiger partial charge in [0.1, 0.15) is 0 Å². The molecule has 2 rings (SSSR count). The first-order valence-electron chi connectivity index (χ1n) is 7.54. The van der Waals surface area contributed by atoms with Crippen LogP contribution in [-0.2, 0) is 19.7 Å². The molecule has 0 spiro atoms. The molecule has 2 aliphatic rings. The van der Waals surface area contributed by atoms with Crippen LogP contribution >= 0.6 is 0 Å². The summed E-state index contributed by atoms with van der Waals surface area (Å²) in [5.41, 5.74) is 0. The molecule has 0 radical (unpaired) electrons. The van der Waals surface area contributed by atoms with E-state index in [-0.39, 0.29) is 22.0 Å². The third kappa shape index (κ3) is 4.44. The van der Waals surface area contributed by atoms with E-state index in [9.17, 15) is 16.8 Å². The molecule has 0 bridgehead atoms. The van der Waals surface area contributed by atoms with E-state index in [1.165, 1.54) is 0 Å². The van der Waals surface area contributed by atoms with Gasteiger partial charge in [0, 0.05) is 26.2 Å². The van der Waals surface area contributed by atoms with E-state index in [0.717, 1.165) is 0 Å². The Morgan fingerprint density at radius 3 is 1.50 bits per heavy atom. The summed E-state index contributed by atoms with van der Waals surface area (Å²) in [7, 11) is -5.83. The van der Waals surface area contributed by atoms with Crippen molar-refractivity contribution >= 4 is 19.7 Å². The molecule has 2 fully saturated rings. The second-order valence-corrected chi connectivity index (χ2v) is 11.3. The van der Waals surface area contributed by atoms with Crippen LogP contribution in [0.1, 0.15) is 13.8 Å². The number of rotatable bonds is 2. The summed E-state index contributed by atoms with van der Waals surface area (Å²) in [5, 5.41) is -0.646. The van der Waals surface area contributed by atoms with Crippen molar-refractivity contribution in [1.29, 1.82) is 0 Å². The quantitative estimate of drug-likeness (QED) is 0.610. The summed E-state index contributed by atoms with van der Waals surface area (Å²) in [6, 6.07) is 0. The fourth-order valence-electron chi connectivity index (χ4n) is 2.67. The Morgan fingerprint density at radius 1 is 0.818 bits per heavy atom. The van der Waals surface area contributed by atoms with E-state index in [0.29, 0.717) is 39.3 Å². The van der Waals surface area contributed by atoms with Gasteiger partial charge in [-0.2, -0.15) is 0 Å². The van der Waals surface area contributed by atoms with Crippen molar-refractivity contribution in [2.24, 2.45) is 0 Å². The zero-order valence-corrected chi connectivity index (χ0v) is 14.8. The molecule has 0 aliphatic carbocycles. The molecule has 22 heavy (non-hydrogen) atoms. The average Bonchev–Trinajstić information content (AvgIpc) is 2.43. The van der Waals surface area contributed by atoms with Gasteiger partial charge >= 0.3 is 0 Å². The second kappa shape index (κ2) is 6.87. The molecular formula is C14H24N2O4S2. The number of nitrogens with zero attached hydrogens (tertiary/aromatic N) is 2. The first-order chi connectivity index (χ1) is 10.2. The largest absolute Gasteiger partial charge is 0.290 e. The molecule has 126 valence electrons. The van der Waals surface area contributed by atoms with Crippen molar-refractivity contribution in [3.8, 4) is 11.8 Å². The lowest BCUT2D eigenvalue weighted by Crippen LogP contribution is -2.46. The highest BCUT2D eigenvalue weighted by molar-refractivity contribution is 7.92. The lowest BCUT2D eigenvalue weighted by atomic mass is 10.3. The molecular weight excluding hydrogens is 324 g/mol. The Balaban J connectivity index is 1.77. The van der Waals surface area contributed by atoms with Gasteiger partial charge in [-0.05, 0) is 13.8 Å². The Morgan fingerprint density at radius 2 is 1.18 bits per heavy atom. The van der Waals surface area contributed by atoms with Crippen LogP contribution in [0.4, 0.5) is 0 Å². The van der Waals surface area contributed by atoms with E-state index in [1.807, 2.05) is 0 Å². The molecule has 0 aromatic rings. The molecule has 0 amide bonds. The summed E-state index contributed by atoms with van der Waals surface area (Å²) in [6.07, 6.45) is 0. The minimum atomic E-state index is -2.91. The van der Waals surface area contributed by atoms with Crippen molar-refractivity contribution in [1.82, 2.24) is 9.80 Å². The van der Waals surface area contributed by atoms with E-state index >= 15 is 0 Å².